The Hall–Kier alpha value is -3.77. The van der Waals surface area contributed by atoms with Gasteiger partial charge in [0.2, 0.25) is 5.78 Å². The first-order valence-electron chi connectivity index (χ1n) is 12.4. The van der Waals surface area contributed by atoms with Crippen molar-refractivity contribution in [2.75, 3.05) is 31.8 Å². The van der Waals surface area contributed by atoms with E-state index in [-0.39, 0.29) is 5.78 Å². The van der Waals surface area contributed by atoms with Gasteiger partial charge in [-0.15, -0.1) is 0 Å². The quantitative estimate of drug-likeness (QED) is 0.394. The van der Waals surface area contributed by atoms with Crippen LogP contribution < -0.4 is 19.1 Å². The van der Waals surface area contributed by atoms with Crippen molar-refractivity contribution in [3.63, 3.8) is 0 Å². The minimum absolute atomic E-state index is 0.0921. The highest BCUT2D eigenvalue weighted by atomic mass is 16.5. The van der Waals surface area contributed by atoms with Gasteiger partial charge in [0.1, 0.15) is 24.0 Å². The third kappa shape index (κ3) is 4.44. The maximum atomic E-state index is 13.3. The van der Waals surface area contributed by atoms with Crippen LogP contribution in [0, 0.1) is 6.92 Å². The van der Waals surface area contributed by atoms with Crippen molar-refractivity contribution in [2.45, 2.75) is 33.9 Å². The molecule has 0 saturated carbocycles. The van der Waals surface area contributed by atoms with Crippen molar-refractivity contribution in [1.29, 1.82) is 0 Å². The Morgan fingerprint density at radius 3 is 2.53 bits per heavy atom. The van der Waals surface area contributed by atoms with E-state index in [1.165, 1.54) is 5.69 Å². The summed E-state index contributed by atoms with van der Waals surface area (Å²) in [6, 6.07) is 18.1. The first kappa shape index (κ1) is 23.9. The fraction of sp³-hybridized carbons (Fsp3) is 0.300. The Bertz CT molecular complexity index is 1310. The summed E-state index contributed by atoms with van der Waals surface area (Å²) in [6.45, 7) is 9.99. The van der Waals surface area contributed by atoms with Crippen LogP contribution >= 0.6 is 0 Å². The average molecular weight is 485 g/mol. The zero-order valence-corrected chi connectivity index (χ0v) is 21.3. The van der Waals surface area contributed by atoms with Crippen LogP contribution in [0.2, 0.25) is 0 Å². The van der Waals surface area contributed by atoms with E-state index in [0.29, 0.717) is 36.9 Å². The van der Waals surface area contributed by atoms with E-state index in [2.05, 4.69) is 41.8 Å². The highest BCUT2D eigenvalue weighted by Crippen LogP contribution is 2.43. The smallest absolute Gasteiger partial charge is 0.231 e. The number of hydrogen-bond donors (Lipinski definition) is 0. The number of carbonyl (C=O) groups is 1. The fourth-order valence-corrected chi connectivity index (χ4v) is 4.99. The van der Waals surface area contributed by atoms with Crippen LogP contribution in [0.15, 0.2) is 60.4 Å². The van der Waals surface area contributed by atoms with Gasteiger partial charge in [0.15, 0.2) is 5.76 Å². The molecule has 0 spiro atoms. The number of ketones is 1. The lowest BCUT2D eigenvalue weighted by molar-refractivity contribution is 0.0869. The van der Waals surface area contributed by atoms with Gasteiger partial charge in [-0.2, -0.15) is 0 Å². The second-order valence-corrected chi connectivity index (χ2v) is 9.14. The number of benzene rings is 3. The van der Waals surface area contributed by atoms with Gasteiger partial charge in [0.25, 0.3) is 0 Å². The number of allylic oxidation sites excluding steroid dienone is 1. The Balaban J connectivity index is 1.37. The molecule has 0 amide bonds. The Morgan fingerprint density at radius 1 is 1.06 bits per heavy atom. The van der Waals surface area contributed by atoms with Crippen molar-refractivity contribution in [1.82, 2.24) is 4.90 Å². The molecule has 0 radical (unpaired) electrons. The zero-order chi connectivity index (χ0) is 25.2. The molecule has 2 aliphatic rings. The van der Waals surface area contributed by atoms with E-state index in [1.54, 1.807) is 7.11 Å². The lowest BCUT2D eigenvalue weighted by Gasteiger charge is -2.30. The van der Waals surface area contributed by atoms with Gasteiger partial charge in [0, 0.05) is 48.6 Å². The number of methoxy groups -OCH3 is 1. The van der Waals surface area contributed by atoms with E-state index in [0.717, 1.165) is 46.8 Å². The predicted octanol–water partition coefficient (Wildman–Crippen LogP) is 5.82. The Kier molecular flexibility index (Phi) is 6.70. The first-order chi connectivity index (χ1) is 17.5. The second kappa shape index (κ2) is 10.1. The van der Waals surface area contributed by atoms with Crippen LogP contribution in [0.4, 0.5) is 5.69 Å². The van der Waals surface area contributed by atoms with Crippen LogP contribution in [0.3, 0.4) is 0 Å². The number of ether oxygens (including phenoxy) is 3. The average Bonchev–Trinajstić information content (AvgIpc) is 3.21. The molecule has 0 N–H and O–H groups in total. The van der Waals surface area contributed by atoms with Gasteiger partial charge in [0.05, 0.1) is 12.7 Å². The molecule has 0 fully saturated rings. The largest absolute Gasteiger partial charge is 0.496 e. The maximum Gasteiger partial charge on any atom is 0.231 e. The number of carbonyl (C=O) groups excluding carboxylic acids is 1. The highest BCUT2D eigenvalue weighted by Gasteiger charge is 2.33. The van der Waals surface area contributed by atoms with E-state index < -0.39 is 0 Å². The fourth-order valence-electron chi connectivity index (χ4n) is 4.99. The third-order valence-corrected chi connectivity index (χ3v) is 6.91. The molecule has 2 heterocycles. The lowest BCUT2D eigenvalue weighted by Crippen LogP contribution is -2.32. The van der Waals surface area contributed by atoms with Crippen LogP contribution in [-0.2, 0) is 13.1 Å². The van der Waals surface area contributed by atoms with Crippen LogP contribution in [0.1, 0.15) is 46.5 Å². The van der Waals surface area contributed by atoms with E-state index in [1.807, 2.05) is 49.4 Å². The number of Topliss-reactive ketones (excluding diaryl/α,β-unsaturated/α-hetero) is 1. The minimum Gasteiger partial charge on any atom is -0.496 e. The van der Waals surface area contributed by atoms with Gasteiger partial charge >= 0.3 is 0 Å². The normalized spacial score (nSPS) is 15.8. The topological polar surface area (TPSA) is 51.2 Å². The van der Waals surface area contributed by atoms with Gasteiger partial charge in [-0.25, -0.2) is 0 Å². The van der Waals surface area contributed by atoms with Gasteiger partial charge in [-0.3, -0.25) is 9.69 Å². The molecular weight excluding hydrogens is 452 g/mol. The first-order valence-corrected chi connectivity index (χ1v) is 12.4. The standard InChI is InChI=1S/C30H32N2O4/c1-5-32(6-2)24-13-11-21(12-14-24)15-27-28(33)25-16-23-18-31(17-22-9-7-8-10-26(22)34-4)19-35-29(23)20(3)30(25)36-27/h7-16H,5-6,17-19H2,1-4H3/b27-15-. The monoisotopic (exact) mass is 484 g/mol. The molecule has 0 saturated heterocycles. The summed E-state index contributed by atoms with van der Waals surface area (Å²) < 4.78 is 17.7. The molecule has 2 aliphatic heterocycles. The molecule has 6 heteroatoms. The van der Waals surface area contributed by atoms with Gasteiger partial charge < -0.3 is 19.1 Å². The van der Waals surface area contributed by atoms with E-state index >= 15 is 0 Å². The SMILES string of the molecule is CCN(CC)c1ccc(/C=C2\Oc3c(cc4c(c3C)OCN(Cc3ccccc3OC)C4)C2=O)cc1. The predicted molar refractivity (Wildman–Crippen MR) is 142 cm³/mol. The van der Waals surface area contributed by atoms with E-state index in [9.17, 15) is 4.79 Å². The summed E-state index contributed by atoms with van der Waals surface area (Å²) in [5.74, 6) is 2.52. The van der Waals surface area contributed by atoms with Gasteiger partial charge in [-0.1, -0.05) is 30.3 Å². The number of hydrogen-bond acceptors (Lipinski definition) is 6. The number of anilines is 1. The van der Waals surface area contributed by atoms with Crippen molar-refractivity contribution in [2.24, 2.45) is 0 Å². The molecule has 3 aromatic rings. The molecule has 0 bridgehead atoms. The summed E-state index contributed by atoms with van der Waals surface area (Å²) in [5, 5.41) is 0. The molecular formula is C30H32N2O4. The molecule has 0 unspecified atom stereocenters. The minimum atomic E-state index is -0.0921. The molecule has 186 valence electrons. The van der Waals surface area contributed by atoms with Crippen LogP contribution in [0.5, 0.6) is 17.2 Å². The highest BCUT2D eigenvalue weighted by molar-refractivity contribution is 6.15. The van der Waals surface area contributed by atoms with E-state index in [4.69, 9.17) is 14.2 Å². The van der Waals surface area contributed by atoms with Crippen LogP contribution in [-0.4, -0.2) is 37.6 Å². The second-order valence-electron chi connectivity index (χ2n) is 9.14. The summed E-state index contributed by atoms with van der Waals surface area (Å²) in [6.07, 6.45) is 1.82. The number of rotatable bonds is 7. The van der Waals surface area contributed by atoms with Gasteiger partial charge in [-0.05, 0) is 56.7 Å². The summed E-state index contributed by atoms with van der Waals surface area (Å²) in [5.41, 5.74) is 5.66. The Labute approximate surface area is 212 Å². The molecule has 6 nitrogen and oxygen atoms in total. The maximum absolute atomic E-state index is 13.3. The molecule has 0 aromatic heterocycles. The molecule has 36 heavy (non-hydrogen) atoms. The summed E-state index contributed by atoms with van der Waals surface area (Å²) in [4.78, 5) is 17.8. The summed E-state index contributed by atoms with van der Waals surface area (Å²) >= 11 is 0. The molecule has 5 rings (SSSR count). The van der Waals surface area contributed by atoms with Crippen molar-refractivity contribution in [3.05, 3.63) is 88.2 Å². The number of para-hydroxylation sites is 1. The molecule has 0 aliphatic carbocycles. The van der Waals surface area contributed by atoms with Crippen LogP contribution in [0.25, 0.3) is 6.08 Å². The number of fused-ring (bicyclic) bond motifs is 2. The zero-order valence-electron chi connectivity index (χ0n) is 21.3. The van der Waals surface area contributed by atoms with Crippen molar-refractivity contribution >= 4 is 17.5 Å². The lowest BCUT2D eigenvalue weighted by atomic mass is 9.99. The molecule has 0 atom stereocenters. The Morgan fingerprint density at radius 2 is 1.81 bits per heavy atom. The number of nitrogens with zero attached hydrogens (tertiary/aromatic N) is 2. The third-order valence-electron chi connectivity index (χ3n) is 6.91. The molecule has 3 aromatic carbocycles. The summed E-state index contributed by atoms with van der Waals surface area (Å²) in [7, 11) is 1.68. The van der Waals surface area contributed by atoms with Crippen molar-refractivity contribution < 1.29 is 19.0 Å². The van der Waals surface area contributed by atoms with Crippen molar-refractivity contribution in [3.8, 4) is 17.2 Å².